The van der Waals surface area contributed by atoms with Gasteiger partial charge in [-0.1, -0.05) is 30.2 Å². The highest BCUT2D eigenvalue weighted by atomic mass is 19.4. The number of nitrogens with zero attached hydrogens (tertiary/aromatic N) is 1. The fourth-order valence-electron chi connectivity index (χ4n) is 2.32. The summed E-state index contributed by atoms with van der Waals surface area (Å²) in [5.74, 6) is 3.76. The van der Waals surface area contributed by atoms with Crippen LogP contribution in [0.3, 0.4) is 0 Å². The Hall–Kier alpha value is -1.96. The zero-order valence-corrected chi connectivity index (χ0v) is 10.3. The molecular formula is C14H12F3NO. The molecule has 0 saturated carbocycles. The Morgan fingerprint density at radius 1 is 1.37 bits per heavy atom. The normalized spacial score (nSPS) is 18.3. The molecule has 2 rings (SSSR count). The summed E-state index contributed by atoms with van der Waals surface area (Å²) in [4.78, 5) is 12.5. The van der Waals surface area contributed by atoms with Crippen molar-refractivity contribution in [2.24, 2.45) is 0 Å². The van der Waals surface area contributed by atoms with Crippen molar-refractivity contribution >= 4 is 5.91 Å². The maximum atomic E-state index is 13.2. The number of benzene rings is 1. The predicted molar refractivity (Wildman–Crippen MR) is 64.1 cm³/mol. The average Bonchev–Trinajstić information content (AvgIpc) is 2.36. The van der Waals surface area contributed by atoms with Crippen LogP contribution in [0.4, 0.5) is 13.2 Å². The van der Waals surface area contributed by atoms with Crippen LogP contribution in [0.2, 0.25) is 0 Å². The summed E-state index contributed by atoms with van der Waals surface area (Å²) in [7, 11) is 0. The van der Waals surface area contributed by atoms with Crippen LogP contribution in [-0.4, -0.2) is 23.5 Å². The summed E-state index contributed by atoms with van der Waals surface area (Å²) in [6, 6.07) is 4.45. The van der Waals surface area contributed by atoms with Crippen molar-refractivity contribution in [3.8, 4) is 11.8 Å². The molecule has 0 bridgehead atoms. The molecular weight excluding hydrogens is 255 g/mol. The van der Waals surface area contributed by atoms with Gasteiger partial charge in [0.1, 0.15) is 0 Å². The highest BCUT2D eigenvalue weighted by Gasteiger charge is 2.48. The van der Waals surface area contributed by atoms with E-state index in [1.807, 2.05) is 0 Å². The zero-order valence-electron chi connectivity index (χ0n) is 10.3. The van der Waals surface area contributed by atoms with E-state index in [-0.39, 0.29) is 12.1 Å². The van der Waals surface area contributed by atoms with Crippen LogP contribution in [-0.2, 0) is 11.2 Å². The molecule has 1 aliphatic rings. The second-order valence-corrected chi connectivity index (χ2v) is 4.27. The molecule has 1 aliphatic heterocycles. The lowest BCUT2D eigenvalue weighted by Gasteiger charge is -2.37. The Morgan fingerprint density at radius 2 is 2.05 bits per heavy atom. The lowest BCUT2D eigenvalue weighted by atomic mass is 9.92. The van der Waals surface area contributed by atoms with Gasteiger partial charge >= 0.3 is 6.18 Å². The molecule has 0 N–H and O–H groups in total. The van der Waals surface area contributed by atoms with Gasteiger partial charge in [0.15, 0.2) is 6.04 Å². The van der Waals surface area contributed by atoms with Gasteiger partial charge in [0.05, 0.1) is 0 Å². The van der Waals surface area contributed by atoms with Crippen LogP contribution in [0.1, 0.15) is 24.1 Å². The molecule has 0 saturated heterocycles. The van der Waals surface area contributed by atoms with E-state index in [0.717, 1.165) is 4.90 Å². The predicted octanol–water partition coefficient (Wildman–Crippen LogP) is 2.70. The lowest BCUT2D eigenvalue weighted by molar-refractivity contribution is -0.191. The molecule has 2 nitrogen and oxygen atoms in total. The molecule has 19 heavy (non-hydrogen) atoms. The molecule has 1 aromatic rings. The SMILES string of the molecule is CC#CC(=O)N1CCc2ccccc2C1C(F)(F)F. The lowest BCUT2D eigenvalue weighted by Crippen LogP contribution is -2.46. The topological polar surface area (TPSA) is 20.3 Å². The third-order valence-corrected chi connectivity index (χ3v) is 3.09. The van der Waals surface area contributed by atoms with E-state index < -0.39 is 18.1 Å². The monoisotopic (exact) mass is 267 g/mol. The van der Waals surface area contributed by atoms with Crippen molar-refractivity contribution in [3.05, 3.63) is 35.4 Å². The summed E-state index contributed by atoms with van der Waals surface area (Å²) in [5, 5.41) is 0. The van der Waals surface area contributed by atoms with Crippen LogP contribution >= 0.6 is 0 Å². The molecule has 0 fully saturated rings. The minimum Gasteiger partial charge on any atom is -0.315 e. The molecule has 1 aromatic carbocycles. The second-order valence-electron chi connectivity index (χ2n) is 4.27. The first-order valence-corrected chi connectivity index (χ1v) is 5.83. The van der Waals surface area contributed by atoms with Crippen molar-refractivity contribution in [1.82, 2.24) is 4.90 Å². The van der Waals surface area contributed by atoms with E-state index in [9.17, 15) is 18.0 Å². The van der Waals surface area contributed by atoms with Crippen molar-refractivity contribution < 1.29 is 18.0 Å². The van der Waals surface area contributed by atoms with Crippen LogP contribution in [0.5, 0.6) is 0 Å². The minimum absolute atomic E-state index is 0.0364. The Kier molecular flexibility index (Phi) is 3.52. The van der Waals surface area contributed by atoms with E-state index in [4.69, 9.17) is 0 Å². The number of carbonyl (C=O) groups excluding carboxylic acids is 1. The third kappa shape index (κ3) is 2.58. The van der Waals surface area contributed by atoms with Crippen molar-refractivity contribution in [3.63, 3.8) is 0 Å². The molecule has 1 amide bonds. The first-order valence-electron chi connectivity index (χ1n) is 5.83. The largest absolute Gasteiger partial charge is 0.413 e. The smallest absolute Gasteiger partial charge is 0.315 e. The maximum Gasteiger partial charge on any atom is 0.413 e. The van der Waals surface area contributed by atoms with Gasteiger partial charge in [-0.2, -0.15) is 13.2 Å². The van der Waals surface area contributed by atoms with Gasteiger partial charge in [-0.3, -0.25) is 4.79 Å². The fraction of sp³-hybridized carbons (Fsp3) is 0.357. The van der Waals surface area contributed by atoms with Crippen molar-refractivity contribution in [2.75, 3.05) is 6.54 Å². The van der Waals surface area contributed by atoms with Gasteiger partial charge in [0, 0.05) is 6.54 Å². The molecule has 1 heterocycles. The number of halogens is 3. The Balaban J connectivity index is 2.48. The van der Waals surface area contributed by atoms with E-state index in [2.05, 4.69) is 11.8 Å². The number of fused-ring (bicyclic) bond motifs is 1. The quantitative estimate of drug-likeness (QED) is 0.662. The van der Waals surface area contributed by atoms with Crippen molar-refractivity contribution in [2.45, 2.75) is 25.6 Å². The molecule has 0 spiro atoms. The first-order chi connectivity index (χ1) is 8.95. The standard InChI is InChI=1S/C14H12F3NO/c1-2-5-12(19)18-9-8-10-6-3-4-7-11(10)13(18)14(15,16)17/h3-4,6-7,13H,8-9H2,1H3. The number of alkyl halides is 3. The van der Waals surface area contributed by atoms with Crippen LogP contribution < -0.4 is 0 Å². The van der Waals surface area contributed by atoms with Crippen molar-refractivity contribution in [1.29, 1.82) is 0 Å². The highest BCUT2D eigenvalue weighted by molar-refractivity contribution is 5.94. The number of rotatable bonds is 0. The van der Waals surface area contributed by atoms with E-state index in [1.165, 1.54) is 13.0 Å². The summed E-state index contributed by atoms with van der Waals surface area (Å²) >= 11 is 0. The van der Waals surface area contributed by atoms with Gasteiger partial charge < -0.3 is 4.90 Å². The maximum absolute atomic E-state index is 13.2. The molecule has 0 aromatic heterocycles. The summed E-state index contributed by atoms with van der Waals surface area (Å²) in [5.41, 5.74) is 0.783. The zero-order chi connectivity index (χ0) is 14.0. The summed E-state index contributed by atoms with van der Waals surface area (Å²) in [6.45, 7) is 1.47. The number of hydrogen-bond donors (Lipinski definition) is 0. The highest BCUT2D eigenvalue weighted by Crippen LogP contribution is 2.41. The molecule has 1 unspecified atom stereocenters. The van der Waals surface area contributed by atoms with Gasteiger partial charge in [-0.25, -0.2) is 0 Å². The van der Waals surface area contributed by atoms with E-state index in [1.54, 1.807) is 18.2 Å². The number of carbonyl (C=O) groups is 1. The van der Waals surface area contributed by atoms with E-state index in [0.29, 0.717) is 12.0 Å². The molecule has 100 valence electrons. The number of hydrogen-bond acceptors (Lipinski definition) is 1. The second kappa shape index (κ2) is 4.96. The van der Waals surface area contributed by atoms with Crippen LogP contribution in [0.15, 0.2) is 24.3 Å². The van der Waals surface area contributed by atoms with Crippen LogP contribution in [0.25, 0.3) is 0 Å². The molecule has 1 atom stereocenters. The van der Waals surface area contributed by atoms with Gasteiger partial charge in [-0.05, 0) is 30.4 Å². The third-order valence-electron chi connectivity index (χ3n) is 3.09. The Labute approximate surface area is 109 Å². The molecule has 0 radical (unpaired) electrons. The van der Waals surface area contributed by atoms with Gasteiger partial charge in [0.25, 0.3) is 5.91 Å². The van der Waals surface area contributed by atoms with Crippen LogP contribution in [0, 0.1) is 11.8 Å². The fourth-order valence-corrected chi connectivity index (χ4v) is 2.32. The van der Waals surface area contributed by atoms with E-state index >= 15 is 0 Å². The average molecular weight is 267 g/mol. The Bertz CT molecular complexity index is 554. The first kappa shape index (κ1) is 13.5. The van der Waals surface area contributed by atoms with Gasteiger partial charge in [0.2, 0.25) is 0 Å². The minimum atomic E-state index is -4.50. The molecule has 5 heteroatoms. The van der Waals surface area contributed by atoms with Gasteiger partial charge in [-0.15, -0.1) is 0 Å². The Morgan fingerprint density at radius 3 is 2.68 bits per heavy atom. The summed E-state index contributed by atoms with van der Waals surface area (Å²) in [6.07, 6.45) is -4.08. The summed E-state index contributed by atoms with van der Waals surface area (Å²) < 4.78 is 39.7. The molecule has 0 aliphatic carbocycles. The number of amides is 1.